The van der Waals surface area contributed by atoms with Crippen LogP contribution in [0.4, 0.5) is 21.9 Å². The number of anilines is 3. The van der Waals surface area contributed by atoms with E-state index in [4.69, 9.17) is 14.2 Å². The van der Waals surface area contributed by atoms with E-state index in [9.17, 15) is 19.5 Å². The van der Waals surface area contributed by atoms with Gasteiger partial charge in [-0.3, -0.25) is 14.5 Å². The molecule has 3 amide bonds. The number of nitrogens with zero attached hydrogens (tertiary/aromatic N) is 2. The summed E-state index contributed by atoms with van der Waals surface area (Å²) in [6.07, 6.45) is 0.892. The molecule has 0 bridgehead atoms. The Morgan fingerprint density at radius 1 is 0.795 bits per heavy atom. The molecule has 0 unspecified atom stereocenters. The quantitative estimate of drug-likeness (QED) is 0.187. The summed E-state index contributed by atoms with van der Waals surface area (Å²) in [5, 5.41) is 15.0. The lowest BCUT2D eigenvalue weighted by Crippen LogP contribution is -2.34. The summed E-state index contributed by atoms with van der Waals surface area (Å²) in [7, 11) is 4.65. The van der Waals surface area contributed by atoms with Crippen molar-refractivity contribution in [3.8, 4) is 17.2 Å². The van der Waals surface area contributed by atoms with Crippen molar-refractivity contribution in [2.75, 3.05) is 56.5 Å². The summed E-state index contributed by atoms with van der Waals surface area (Å²) in [6, 6.07) is 17.9. The first kappa shape index (κ1) is 33.7. The van der Waals surface area contributed by atoms with Gasteiger partial charge in [-0.25, -0.2) is 4.79 Å². The predicted molar refractivity (Wildman–Crippen MR) is 171 cm³/mol. The maximum Gasteiger partial charge on any atom is 0.323 e. The van der Waals surface area contributed by atoms with Crippen LogP contribution in [0.3, 0.4) is 0 Å². The molecule has 0 aromatic heterocycles. The average Bonchev–Trinajstić information content (AvgIpc) is 3.02. The fourth-order valence-electron chi connectivity index (χ4n) is 4.74. The number of benzene rings is 3. The first-order valence-corrected chi connectivity index (χ1v) is 14.5. The highest BCUT2D eigenvalue weighted by Gasteiger charge is 2.18. The number of carbonyl (C=O) groups is 3. The smallest absolute Gasteiger partial charge is 0.323 e. The van der Waals surface area contributed by atoms with Crippen LogP contribution < -0.4 is 29.7 Å². The molecule has 3 aromatic carbocycles. The van der Waals surface area contributed by atoms with Crippen molar-refractivity contribution in [2.45, 2.75) is 39.7 Å². The minimum atomic E-state index is -0.876. The van der Waals surface area contributed by atoms with Gasteiger partial charge in [0.15, 0.2) is 11.5 Å². The minimum Gasteiger partial charge on any atom is -0.494 e. The number of carboxylic acids is 1. The number of aliphatic carboxylic acids is 1. The van der Waals surface area contributed by atoms with Gasteiger partial charge in [0.05, 0.1) is 33.4 Å². The highest BCUT2D eigenvalue weighted by molar-refractivity contribution is 6.01. The molecule has 0 heterocycles. The van der Waals surface area contributed by atoms with E-state index >= 15 is 0 Å². The zero-order valence-electron chi connectivity index (χ0n) is 26.0. The van der Waals surface area contributed by atoms with Crippen LogP contribution in [0.15, 0.2) is 60.7 Å². The molecule has 0 atom stereocenters. The van der Waals surface area contributed by atoms with Crippen LogP contribution in [0.2, 0.25) is 0 Å². The normalized spacial score (nSPS) is 10.7. The van der Waals surface area contributed by atoms with Crippen molar-refractivity contribution in [1.29, 1.82) is 0 Å². The molecule has 11 nitrogen and oxygen atoms in total. The first-order chi connectivity index (χ1) is 21.2. The van der Waals surface area contributed by atoms with Gasteiger partial charge in [-0.1, -0.05) is 31.2 Å². The lowest BCUT2D eigenvalue weighted by Gasteiger charge is -2.26. The number of rotatable bonds is 16. The number of carbonyl (C=O) groups excluding carboxylic acids is 2. The monoisotopic (exact) mass is 606 g/mol. The Kier molecular flexibility index (Phi) is 12.8. The number of nitrogens with one attached hydrogen (secondary N) is 2. The summed E-state index contributed by atoms with van der Waals surface area (Å²) in [5.74, 6) is 0.682. The van der Waals surface area contributed by atoms with Crippen molar-refractivity contribution in [1.82, 2.24) is 4.90 Å². The Hall–Kier alpha value is -4.77. The number of methoxy groups -OCH3 is 3. The van der Waals surface area contributed by atoms with Gasteiger partial charge < -0.3 is 34.9 Å². The largest absolute Gasteiger partial charge is 0.494 e. The van der Waals surface area contributed by atoms with Crippen LogP contribution in [-0.4, -0.2) is 68.9 Å². The second-order valence-electron chi connectivity index (χ2n) is 10.1. The molecule has 0 aliphatic heterocycles. The van der Waals surface area contributed by atoms with E-state index in [2.05, 4.69) is 10.6 Å². The van der Waals surface area contributed by atoms with Crippen molar-refractivity contribution in [3.05, 3.63) is 71.8 Å². The molecule has 0 saturated heterocycles. The van der Waals surface area contributed by atoms with Crippen molar-refractivity contribution < 1.29 is 33.7 Å². The molecule has 44 heavy (non-hydrogen) atoms. The van der Waals surface area contributed by atoms with Gasteiger partial charge in [-0.2, -0.15) is 0 Å². The SMILES string of the molecule is CCC(=O)N(CCCN(CCC(=O)O)Cc1ccc(OC)c(OC)c1)c1ccc(NC(=O)Nc2ccccc2C)c(OC)c1. The molecule has 3 rings (SSSR count). The Morgan fingerprint density at radius 2 is 1.50 bits per heavy atom. The summed E-state index contributed by atoms with van der Waals surface area (Å²) in [5.41, 5.74) is 3.68. The van der Waals surface area contributed by atoms with Crippen LogP contribution in [0.25, 0.3) is 0 Å². The second kappa shape index (κ2) is 16.8. The highest BCUT2D eigenvalue weighted by Crippen LogP contribution is 2.31. The van der Waals surface area contributed by atoms with Gasteiger partial charge in [0.1, 0.15) is 5.75 Å². The van der Waals surface area contributed by atoms with Crippen LogP contribution >= 0.6 is 0 Å². The Balaban J connectivity index is 1.71. The van der Waals surface area contributed by atoms with E-state index in [1.807, 2.05) is 54.3 Å². The zero-order chi connectivity index (χ0) is 32.1. The predicted octanol–water partition coefficient (Wildman–Crippen LogP) is 5.77. The van der Waals surface area contributed by atoms with E-state index in [1.54, 1.807) is 44.2 Å². The molecule has 0 saturated carbocycles. The van der Waals surface area contributed by atoms with Gasteiger partial charge in [0.2, 0.25) is 5.91 Å². The van der Waals surface area contributed by atoms with E-state index in [0.717, 1.165) is 11.1 Å². The van der Waals surface area contributed by atoms with Crippen LogP contribution in [-0.2, 0) is 16.1 Å². The molecule has 0 radical (unpaired) electrons. The van der Waals surface area contributed by atoms with Crippen molar-refractivity contribution >= 4 is 35.0 Å². The lowest BCUT2D eigenvalue weighted by molar-refractivity contribution is -0.137. The summed E-state index contributed by atoms with van der Waals surface area (Å²) >= 11 is 0. The fourth-order valence-corrected chi connectivity index (χ4v) is 4.74. The van der Waals surface area contributed by atoms with Gasteiger partial charge in [-0.15, -0.1) is 0 Å². The van der Waals surface area contributed by atoms with Crippen molar-refractivity contribution in [3.63, 3.8) is 0 Å². The molecule has 11 heteroatoms. The van der Waals surface area contributed by atoms with E-state index in [1.165, 1.54) is 7.11 Å². The maximum atomic E-state index is 13.0. The van der Waals surface area contributed by atoms with Gasteiger partial charge in [0.25, 0.3) is 0 Å². The Morgan fingerprint density at radius 3 is 2.16 bits per heavy atom. The Labute approximate surface area is 258 Å². The van der Waals surface area contributed by atoms with Crippen LogP contribution in [0.1, 0.15) is 37.3 Å². The number of hydrogen-bond donors (Lipinski definition) is 3. The molecule has 3 aromatic rings. The number of para-hydroxylation sites is 1. The number of urea groups is 1. The molecule has 3 N–H and O–H groups in total. The third-order valence-electron chi connectivity index (χ3n) is 7.09. The van der Waals surface area contributed by atoms with Crippen molar-refractivity contribution in [2.24, 2.45) is 0 Å². The molecule has 0 spiro atoms. The van der Waals surface area contributed by atoms with Gasteiger partial charge >= 0.3 is 12.0 Å². The van der Waals surface area contributed by atoms with E-state index in [0.29, 0.717) is 73.3 Å². The molecular weight excluding hydrogens is 564 g/mol. The number of carboxylic acid groups (broad SMARTS) is 1. The molecule has 0 aliphatic carbocycles. The molecule has 0 aliphatic rings. The topological polar surface area (TPSA) is 130 Å². The summed E-state index contributed by atoms with van der Waals surface area (Å²) < 4.78 is 16.3. The third-order valence-corrected chi connectivity index (χ3v) is 7.09. The molecular formula is C33H42N4O7. The third kappa shape index (κ3) is 9.63. The lowest BCUT2D eigenvalue weighted by atomic mass is 10.1. The molecule has 236 valence electrons. The highest BCUT2D eigenvalue weighted by atomic mass is 16.5. The number of hydrogen-bond acceptors (Lipinski definition) is 7. The number of amides is 3. The van der Waals surface area contributed by atoms with E-state index in [-0.39, 0.29) is 12.3 Å². The van der Waals surface area contributed by atoms with Gasteiger partial charge in [0, 0.05) is 50.0 Å². The Bertz CT molecular complexity index is 1430. The fraction of sp³-hybridized carbons (Fsp3) is 0.364. The summed E-state index contributed by atoms with van der Waals surface area (Å²) in [4.78, 5) is 40.8. The average molecular weight is 607 g/mol. The summed E-state index contributed by atoms with van der Waals surface area (Å²) in [6.45, 7) is 5.54. The van der Waals surface area contributed by atoms with Crippen LogP contribution in [0.5, 0.6) is 17.2 Å². The molecule has 0 fully saturated rings. The minimum absolute atomic E-state index is 0.00598. The van der Waals surface area contributed by atoms with E-state index < -0.39 is 12.0 Å². The van der Waals surface area contributed by atoms with Crippen LogP contribution in [0, 0.1) is 6.92 Å². The number of aryl methyl sites for hydroxylation is 1. The van der Waals surface area contributed by atoms with Gasteiger partial charge in [-0.05, 0) is 54.8 Å². The zero-order valence-corrected chi connectivity index (χ0v) is 26.0. The second-order valence-corrected chi connectivity index (χ2v) is 10.1. The first-order valence-electron chi connectivity index (χ1n) is 14.5. The maximum absolute atomic E-state index is 13.0. The standard InChI is InChI=1S/C33H42N4O7/c1-6-31(38)37(18-9-17-36(19-16-32(39)40)22-24-12-15-28(42-3)30(20-24)44-5)25-13-14-27(29(21-25)43-4)35-33(41)34-26-11-8-7-10-23(26)2/h7-8,10-15,20-21H,6,9,16-19,22H2,1-5H3,(H,39,40)(H2,34,35,41). The number of ether oxygens (including phenoxy) is 3.